The highest BCUT2D eigenvalue weighted by Crippen LogP contribution is 2.61. The van der Waals surface area contributed by atoms with E-state index >= 15 is 0 Å². The molecule has 0 amide bonds. The zero-order chi connectivity index (χ0) is 29.8. The van der Waals surface area contributed by atoms with Crippen molar-refractivity contribution in [3.05, 3.63) is 35.4 Å². The number of carbonyl (C=O) groups is 2. The molecule has 0 spiro atoms. The maximum absolute atomic E-state index is 13.5. The Morgan fingerprint density at radius 1 is 1.00 bits per heavy atom. The Bertz CT molecular complexity index is 1430. The Morgan fingerprint density at radius 3 is 2.34 bits per heavy atom. The Balaban J connectivity index is 2.03. The van der Waals surface area contributed by atoms with Gasteiger partial charge in [-0.25, -0.2) is 4.79 Å². The Labute approximate surface area is 237 Å². The lowest BCUT2D eigenvalue weighted by atomic mass is 9.71. The van der Waals surface area contributed by atoms with Crippen molar-refractivity contribution in [1.29, 1.82) is 0 Å². The third kappa shape index (κ3) is 4.39. The summed E-state index contributed by atoms with van der Waals surface area (Å²) in [6.45, 7) is 10.2. The molecule has 2 aliphatic heterocycles. The van der Waals surface area contributed by atoms with Crippen LogP contribution in [0.4, 0.5) is 0 Å². The summed E-state index contributed by atoms with van der Waals surface area (Å²) in [7, 11) is 4.38. The minimum absolute atomic E-state index is 0.0277. The van der Waals surface area contributed by atoms with E-state index in [-0.39, 0.29) is 42.0 Å². The van der Waals surface area contributed by atoms with E-state index in [0.29, 0.717) is 33.8 Å². The van der Waals surface area contributed by atoms with E-state index in [0.717, 1.165) is 0 Å². The first-order valence-electron chi connectivity index (χ1n) is 13.2. The van der Waals surface area contributed by atoms with Crippen molar-refractivity contribution in [2.24, 2.45) is 11.8 Å². The molecule has 11 heteroatoms. The average Bonchev–Trinajstić information content (AvgIpc) is 3.42. The molecule has 2 heterocycles. The van der Waals surface area contributed by atoms with E-state index in [2.05, 4.69) is 6.58 Å². The summed E-state index contributed by atoms with van der Waals surface area (Å²) in [5, 5.41) is 12.3. The third-order valence-corrected chi connectivity index (χ3v) is 8.11. The second kappa shape index (κ2) is 10.4. The van der Waals surface area contributed by atoms with Crippen LogP contribution < -0.4 is 28.4 Å². The molecule has 0 radical (unpaired) electrons. The molecule has 5 rings (SSSR count). The summed E-state index contributed by atoms with van der Waals surface area (Å²) in [4.78, 5) is 26.0. The van der Waals surface area contributed by atoms with Crippen LogP contribution in [-0.2, 0) is 19.1 Å². The Morgan fingerprint density at radius 2 is 1.71 bits per heavy atom. The van der Waals surface area contributed by atoms with Crippen LogP contribution in [0.1, 0.15) is 51.0 Å². The molecule has 1 N–H and O–H groups in total. The van der Waals surface area contributed by atoms with Gasteiger partial charge in [-0.05, 0) is 19.1 Å². The highest BCUT2D eigenvalue weighted by molar-refractivity contribution is 5.91. The monoisotopic (exact) mass is 570 g/mol. The molecular formula is C30H34O11. The average molecular weight is 571 g/mol. The molecule has 5 atom stereocenters. The molecule has 220 valence electrons. The van der Waals surface area contributed by atoms with Crippen LogP contribution >= 0.6 is 0 Å². The highest BCUT2D eigenvalue weighted by atomic mass is 16.7. The topological polar surface area (TPSA) is 128 Å². The molecule has 2 bridgehead atoms. The van der Waals surface area contributed by atoms with E-state index in [9.17, 15) is 14.7 Å². The number of fused-ring (bicyclic) bond motifs is 2. The summed E-state index contributed by atoms with van der Waals surface area (Å²) in [5.41, 5.74) is -0.0292. The molecule has 2 aromatic rings. The predicted molar refractivity (Wildman–Crippen MR) is 145 cm³/mol. The van der Waals surface area contributed by atoms with Crippen LogP contribution in [-0.4, -0.2) is 57.4 Å². The first-order chi connectivity index (χ1) is 19.5. The molecular weight excluding hydrogens is 536 g/mol. The number of ether oxygens (including phenoxy) is 8. The van der Waals surface area contributed by atoms with Gasteiger partial charge >= 0.3 is 11.9 Å². The lowest BCUT2D eigenvalue weighted by Gasteiger charge is -2.43. The first kappa shape index (κ1) is 28.4. The zero-order valence-corrected chi connectivity index (χ0v) is 24.1. The molecule has 3 aliphatic rings. The normalized spacial score (nSPS) is 26.4. The number of hydrogen-bond acceptors (Lipinski definition) is 11. The van der Waals surface area contributed by atoms with E-state index in [1.807, 2.05) is 0 Å². The second-order valence-electron chi connectivity index (χ2n) is 10.6. The van der Waals surface area contributed by atoms with Gasteiger partial charge in [-0.1, -0.05) is 20.4 Å². The number of rotatable bonds is 4. The predicted octanol–water partition coefficient (Wildman–Crippen LogP) is 4.28. The molecule has 0 saturated carbocycles. The molecule has 11 nitrogen and oxygen atoms in total. The molecule has 1 aliphatic carbocycles. The van der Waals surface area contributed by atoms with Crippen LogP contribution in [0.25, 0.3) is 11.1 Å². The first-order valence-corrected chi connectivity index (χ1v) is 13.2. The van der Waals surface area contributed by atoms with Crippen LogP contribution in [0, 0.1) is 11.8 Å². The lowest BCUT2D eigenvalue weighted by Crippen LogP contribution is -2.46. The van der Waals surface area contributed by atoms with Crippen molar-refractivity contribution in [1.82, 2.24) is 0 Å². The van der Waals surface area contributed by atoms with Crippen LogP contribution in [0.5, 0.6) is 34.5 Å². The maximum atomic E-state index is 13.5. The van der Waals surface area contributed by atoms with Gasteiger partial charge in [0, 0.05) is 46.6 Å². The molecule has 2 aromatic carbocycles. The summed E-state index contributed by atoms with van der Waals surface area (Å²) < 4.78 is 47.3. The van der Waals surface area contributed by atoms with Gasteiger partial charge < -0.3 is 43.0 Å². The number of esters is 2. The van der Waals surface area contributed by atoms with Gasteiger partial charge in [-0.2, -0.15) is 0 Å². The van der Waals surface area contributed by atoms with Crippen molar-refractivity contribution >= 4 is 11.9 Å². The molecule has 41 heavy (non-hydrogen) atoms. The minimum Gasteiger partial charge on any atom is -0.493 e. The summed E-state index contributed by atoms with van der Waals surface area (Å²) >= 11 is 0. The summed E-state index contributed by atoms with van der Waals surface area (Å²) in [6.07, 6.45) is -2.34. The van der Waals surface area contributed by atoms with Gasteiger partial charge in [-0.3, -0.25) is 4.79 Å². The van der Waals surface area contributed by atoms with Crippen LogP contribution in [0.2, 0.25) is 0 Å². The minimum atomic E-state index is -1.80. The van der Waals surface area contributed by atoms with E-state index < -0.39 is 41.6 Å². The van der Waals surface area contributed by atoms with Gasteiger partial charge in [0.15, 0.2) is 29.1 Å². The molecule has 0 unspecified atom stereocenters. The Hall–Kier alpha value is -4.12. The highest BCUT2D eigenvalue weighted by Gasteiger charge is 2.52. The van der Waals surface area contributed by atoms with Crippen LogP contribution in [0.15, 0.2) is 24.3 Å². The smallest absolute Gasteiger partial charge is 0.334 e. The van der Waals surface area contributed by atoms with E-state index in [1.54, 1.807) is 26.0 Å². The number of carbonyl (C=O) groups excluding carboxylic acids is 2. The van der Waals surface area contributed by atoms with Gasteiger partial charge in [0.1, 0.15) is 11.7 Å². The fraction of sp³-hybridized carbons (Fsp3) is 0.467. The second-order valence-corrected chi connectivity index (χ2v) is 10.6. The maximum Gasteiger partial charge on any atom is 0.334 e. The van der Waals surface area contributed by atoms with Crippen molar-refractivity contribution in [3.63, 3.8) is 0 Å². The molecule has 0 saturated heterocycles. The summed E-state index contributed by atoms with van der Waals surface area (Å²) in [6, 6.07) is 3.34. The van der Waals surface area contributed by atoms with Gasteiger partial charge in [0.25, 0.3) is 0 Å². The molecule has 0 fully saturated rings. The fourth-order valence-corrected chi connectivity index (χ4v) is 5.64. The van der Waals surface area contributed by atoms with Crippen LogP contribution in [0.3, 0.4) is 0 Å². The largest absolute Gasteiger partial charge is 0.493 e. The van der Waals surface area contributed by atoms with Gasteiger partial charge in [-0.15, -0.1) is 0 Å². The fourth-order valence-electron chi connectivity index (χ4n) is 5.64. The molecule has 0 aromatic heterocycles. The number of hydrogen-bond donors (Lipinski definition) is 1. The third-order valence-electron chi connectivity index (χ3n) is 8.11. The van der Waals surface area contributed by atoms with E-state index in [4.69, 9.17) is 37.9 Å². The van der Waals surface area contributed by atoms with Gasteiger partial charge in [0.05, 0.1) is 27.9 Å². The zero-order valence-electron chi connectivity index (χ0n) is 24.1. The number of aliphatic hydroxyl groups is 1. The van der Waals surface area contributed by atoms with Crippen molar-refractivity contribution in [2.45, 2.75) is 45.5 Å². The summed E-state index contributed by atoms with van der Waals surface area (Å²) in [5.74, 6) is -0.890. The van der Waals surface area contributed by atoms with Crippen molar-refractivity contribution in [3.8, 4) is 45.6 Å². The van der Waals surface area contributed by atoms with Crippen molar-refractivity contribution < 1.29 is 52.6 Å². The van der Waals surface area contributed by atoms with Gasteiger partial charge in [0.2, 0.25) is 18.3 Å². The lowest BCUT2D eigenvalue weighted by molar-refractivity contribution is -0.182. The standard InChI is InChI=1S/C30H34O11/c1-13-11-37-27-21-17(9-20-25(27)39-12-38-20)23(40-16(4)31)15(3)30(5,33)28(41-29(32)14(13)2)18-10-19(34-6)24(35-7)26(36-8)22(18)21/h9-10,13,15,23,28,33H,2,11-12H2,1,3-8H3/t13-,15+,23-,28+,30+/m1/s1. The van der Waals surface area contributed by atoms with Crippen molar-refractivity contribution in [2.75, 3.05) is 34.7 Å². The number of benzene rings is 2. The van der Waals surface area contributed by atoms with E-state index in [1.165, 1.54) is 35.2 Å². The Kier molecular flexibility index (Phi) is 7.19. The number of methoxy groups -OCH3 is 3. The SMILES string of the molecule is C=C1C(=O)O[C@H]2c3cc(OC)c(OC)c(OC)c3-c3c(cc4c(c3OC[C@H]1C)OCO4)[C@H](OC(C)=O)[C@H](C)[C@]2(C)O. The quantitative estimate of drug-likeness (QED) is 0.418.